The molecule has 0 atom stereocenters. The van der Waals surface area contributed by atoms with Gasteiger partial charge in [-0.2, -0.15) is 10.5 Å². The number of ether oxygens (including phenoxy) is 1. The second-order valence-corrected chi connectivity index (χ2v) is 10.7. The summed E-state index contributed by atoms with van der Waals surface area (Å²) < 4.78 is 8.96. The van der Waals surface area contributed by atoms with Crippen molar-refractivity contribution in [1.82, 2.24) is 19.5 Å². The zero-order valence-corrected chi connectivity index (χ0v) is 22.5. The smallest absolute Gasteiger partial charge is 0.156 e. The number of pyridine rings is 3. The van der Waals surface area contributed by atoms with E-state index < -0.39 is 5.41 Å². The van der Waals surface area contributed by atoms with Crippen LogP contribution in [0, 0.1) is 22.7 Å². The van der Waals surface area contributed by atoms with Crippen molar-refractivity contribution in [3.63, 3.8) is 0 Å². The van der Waals surface area contributed by atoms with Gasteiger partial charge in [0.05, 0.1) is 51.4 Å². The van der Waals surface area contributed by atoms with Crippen LogP contribution in [0.25, 0.3) is 38.9 Å². The van der Waals surface area contributed by atoms with Crippen molar-refractivity contribution in [2.24, 2.45) is 0 Å². The lowest BCUT2D eigenvalue weighted by atomic mass is 9.66. The molecule has 7 heteroatoms. The molecule has 0 bridgehead atoms. The van der Waals surface area contributed by atoms with Gasteiger partial charge in [0.2, 0.25) is 0 Å². The maximum atomic E-state index is 9.67. The van der Waals surface area contributed by atoms with E-state index in [1.165, 1.54) is 0 Å². The Bertz CT molecular complexity index is 2310. The van der Waals surface area contributed by atoms with E-state index in [0.717, 1.165) is 66.9 Å². The molecular weight excluding hydrogens is 532 g/mol. The number of nitrogens with zero attached hydrogens (tertiary/aromatic N) is 6. The molecule has 198 valence electrons. The summed E-state index contributed by atoms with van der Waals surface area (Å²) in [4.78, 5) is 14.1. The van der Waals surface area contributed by atoms with Crippen molar-refractivity contribution in [3.8, 4) is 40.7 Å². The second kappa shape index (κ2) is 8.36. The van der Waals surface area contributed by atoms with Crippen molar-refractivity contribution < 1.29 is 4.74 Å². The summed E-state index contributed by atoms with van der Waals surface area (Å²) in [5, 5.41) is 21.0. The highest BCUT2D eigenvalue weighted by Gasteiger charge is 2.52. The molecule has 0 amide bonds. The Morgan fingerprint density at radius 3 is 2.14 bits per heavy atom. The third-order valence-electron chi connectivity index (χ3n) is 8.69. The van der Waals surface area contributed by atoms with E-state index in [2.05, 4.69) is 52.0 Å². The largest absolute Gasteiger partial charge is 0.454 e. The molecule has 4 aromatic heterocycles. The van der Waals surface area contributed by atoms with Crippen LogP contribution in [0.15, 0.2) is 110 Å². The molecule has 5 heterocycles. The Hall–Kier alpha value is -6.31. The Labute approximate surface area is 245 Å². The first-order valence-corrected chi connectivity index (χ1v) is 13.8. The average molecular weight is 551 g/mol. The summed E-state index contributed by atoms with van der Waals surface area (Å²) in [7, 11) is 0. The molecule has 0 radical (unpaired) electrons. The first kappa shape index (κ1) is 23.4. The quantitative estimate of drug-likeness (QED) is 0.215. The van der Waals surface area contributed by atoms with E-state index in [4.69, 9.17) is 14.7 Å². The third-order valence-corrected chi connectivity index (χ3v) is 8.69. The molecule has 3 aromatic carbocycles. The van der Waals surface area contributed by atoms with E-state index in [1.54, 1.807) is 12.3 Å². The molecule has 7 aromatic rings. The number of benzene rings is 3. The summed E-state index contributed by atoms with van der Waals surface area (Å²) in [6.07, 6.45) is 5.35. The molecule has 1 spiro atoms. The van der Waals surface area contributed by atoms with Crippen LogP contribution < -0.4 is 4.74 Å². The van der Waals surface area contributed by atoms with Crippen molar-refractivity contribution in [1.29, 1.82) is 10.5 Å². The van der Waals surface area contributed by atoms with Crippen LogP contribution in [-0.2, 0) is 5.41 Å². The molecule has 2 aliphatic rings. The number of para-hydroxylation sites is 2. The lowest BCUT2D eigenvalue weighted by Crippen LogP contribution is -2.32. The minimum absolute atomic E-state index is 0.312. The molecule has 0 saturated heterocycles. The number of fused-ring (bicyclic) bond motifs is 12. The standard InChI is InChI=1S/C36H18N6O/c37-18-21-12-13-29-23(16-21)24-17-22(19-38)41-20-31(24)42(29)30-10-3-7-28-35(30)43-32-11-2-1-6-25(32)36(28)26-8-4-14-39-33(26)34-27(36)9-5-15-40-34/h1-17,20H. The molecule has 7 nitrogen and oxygen atoms in total. The van der Waals surface area contributed by atoms with Gasteiger partial charge in [-0.05, 0) is 59.7 Å². The monoisotopic (exact) mass is 550 g/mol. The maximum absolute atomic E-state index is 9.67. The van der Waals surface area contributed by atoms with Gasteiger partial charge in [0.25, 0.3) is 0 Å². The summed E-state index contributed by atoms with van der Waals surface area (Å²) in [6.45, 7) is 0. The fraction of sp³-hybridized carbons (Fsp3) is 0.0278. The number of rotatable bonds is 1. The summed E-state index contributed by atoms with van der Waals surface area (Å²) in [5.74, 6) is 1.46. The molecule has 0 fully saturated rings. The number of aromatic nitrogens is 4. The SMILES string of the molecule is N#Cc1ccc2c(c1)c1cc(C#N)ncc1n2-c1cccc2c1Oc1ccccc1C21c2cccnc2-c2ncccc21. The van der Waals surface area contributed by atoms with Gasteiger partial charge in [-0.25, -0.2) is 4.98 Å². The Morgan fingerprint density at radius 1 is 0.651 bits per heavy atom. The summed E-state index contributed by atoms with van der Waals surface area (Å²) in [5.41, 5.74) is 8.51. The van der Waals surface area contributed by atoms with Crippen molar-refractivity contribution in [2.45, 2.75) is 5.41 Å². The average Bonchev–Trinajstić information content (AvgIpc) is 3.55. The lowest BCUT2D eigenvalue weighted by Gasteiger charge is -2.39. The van der Waals surface area contributed by atoms with E-state index >= 15 is 0 Å². The number of hydrogen-bond acceptors (Lipinski definition) is 6. The summed E-state index contributed by atoms with van der Waals surface area (Å²) >= 11 is 0. The van der Waals surface area contributed by atoms with Crippen LogP contribution in [0.1, 0.15) is 33.5 Å². The van der Waals surface area contributed by atoms with Crippen LogP contribution in [0.2, 0.25) is 0 Å². The van der Waals surface area contributed by atoms with Gasteiger partial charge in [-0.15, -0.1) is 0 Å². The van der Waals surface area contributed by atoms with Gasteiger partial charge in [0, 0.05) is 34.3 Å². The van der Waals surface area contributed by atoms with Crippen molar-refractivity contribution in [3.05, 3.63) is 143 Å². The molecule has 43 heavy (non-hydrogen) atoms. The van der Waals surface area contributed by atoms with Crippen molar-refractivity contribution in [2.75, 3.05) is 0 Å². The minimum Gasteiger partial charge on any atom is -0.454 e. The lowest BCUT2D eigenvalue weighted by molar-refractivity contribution is 0.434. The maximum Gasteiger partial charge on any atom is 0.156 e. The third kappa shape index (κ3) is 2.88. The zero-order chi connectivity index (χ0) is 28.7. The molecule has 1 aliphatic heterocycles. The Balaban J connectivity index is 1.44. The predicted octanol–water partition coefficient (Wildman–Crippen LogP) is 7.18. The van der Waals surface area contributed by atoms with Crippen LogP contribution in [0.3, 0.4) is 0 Å². The molecule has 0 saturated carbocycles. The second-order valence-electron chi connectivity index (χ2n) is 10.7. The summed E-state index contributed by atoms with van der Waals surface area (Å²) in [6, 6.07) is 34.4. The molecule has 1 aliphatic carbocycles. The normalized spacial score (nSPS) is 13.4. The number of hydrogen-bond donors (Lipinski definition) is 0. The highest BCUT2D eigenvalue weighted by atomic mass is 16.5. The highest BCUT2D eigenvalue weighted by Crippen LogP contribution is 2.62. The van der Waals surface area contributed by atoms with Crippen LogP contribution in [0.4, 0.5) is 0 Å². The van der Waals surface area contributed by atoms with Gasteiger partial charge < -0.3 is 9.30 Å². The molecular formula is C36H18N6O. The molecule has 0 N–H and O–H groups in total. The van der Waals surface area contributed by atoms with E-state index in [1.807, 2.05) is 67.0 Å². The van der Waals surface area contributed by atoms with E-state index in [-0.39, 0.29) is 0 Å². The fourth-order valence-corrected chi connectivity index (χ4v) is 7.05. The Kier molecular flexibility index (Phi) is 4.55. The highest BCUT2D eigenvalue weighted by molar-refractivity contribution is 6.10. The van der Waals surface area contributed by atoms with Gasteiger partial charge in [0.15, 0.2) is 5.75 Å². The van der Waals surface area contributed by atoms with Crippen LogP contribution in [0.5, 0.6) is 11.5 Å². The molecule has 0 unspecified atom stereocenters. The van der Waals surface area contributed by atoms with Crippen LogP contribution in [-0.4, -0.2) is 19.5 Å². The first-order valence-electron chi connectivity index (χ1n) is 13.8. The van der Waals surface area contributed by atoms with E-state index in [0.29, 0.717) is 17.0 Å². The van der Waals surface area contributed by atoms with Gasteiger partial charge >= 0.3 is 0 Å². The fourth-order valence-electron chi connectivity index (χ4n) is 7.05. The Morgan fingerprint density at radius 2 is 1.37 bits per heavy atom. The van der Waals surface area contributed by atoms with Gasteiger partial charge in [-0.1, -0.05) is 42.5 Å². The number of nitriles is 2. The predicted molar refractivity (Wildman–Crippen MR) is 161 cm³/mol. The zero-order valence-electron chi connectivity index (χ0n) is 22.5. The molecule has 9 rings (SSSR count). The van der Waals surface area contributed by atoms with Crippen LogP contribution >= 0.6 is 0 Å². The first-order chi connectivity index (χ1) is 21.2. The van der Waals surface area contributed by atoms with E-state index in [9.17, 15) is 10.5 Å². The van der Waals surface area contributed by atoms with Gasteiger partial charge in [0.1, 0.15) is 17.5 Å². The van der Waals surface area contributed by atoms with Gasteiger partial charge in [-0.3, -0.25) is 9.97 Å². The minimum atomic E-state index is -0.702. The topological polar surface area (TPSA) is 100 Å². The van der Waals surface area contributed by atoms with Crippen molar-refractivity contribution >= 4 is 21.8 Å².